The maximum Gasteiger partial charge on any atom is 0.399 e. The lowest BCUT2D eigenvalue weighted by Gasteiger charge is -2.35. The number of rotatable bonds is 20. The van der Waals surface area contributed by atoms with Gasteiger partial charge in [0.05, 0.1) is 11.1 Å². The summed E-state index contributed by atoms with van der Waals surface area (Å²) in [6.45, 7) is 3.04. The number of amides is 9. The molecule has 8 N–H and O–H groups in total. The number of nitrogens with zero attached hydrogens (tertiary/aromatic N) is 4. The number of nitrogens with one attached hydrogen (secondary N) is 4. The molecule has 0 radical (unpaired) electrons. The van der Waals surface area contributed by atoms with E-state index < -0.39 is 84.5 Å². The molecule has 4 aromatic rings. The fraction of sp³-hybridized carbons (Fsp3) is 0.448. The number of primary amides is 1. The van der Waals surface area contributed by atoms with E-state index in [2.05, 4.69) is 38.1 Å². The summed E-state index contributed by atoms with van der Waals surface area (Å²) in [5.41, 5.74) is 2.46. The van der Waals surface area contributed by atoms with Crippen LogP contribution in [-0.2, 0) is 50.3 Å². The van der Waals surface area contributed by atoms with Gasteiger partial charge in [-0.3, -0.25) is 58.0 Å². The third-order valence-electron chi connectivity index (χ3n) is 16.2. The zero-order valence-electron chi connectivity index (χ0n) is 45.0. The van der Waals surface area contributed by atoms with E-state index in [1.807, 2.05) is 13.0 Å². The molecule has 4 aliphatic heterocycles. The summed E-state index contributed by atoms with van der Waals surface area (Å²) in [6, 6.07) is 12.4. The molecule has 9 amide bonds. The van der Waals surface area contributed by atoms with E-state index in [1.165, 1.54) is 22.1 Å². The number of nitrogens with two attached hydrogens (primary N) is 1. The Hall–Kier alpha value is -7.93. The summed E-state index contributed by atoms with van der Waals surface area (Å²) in [7, 11) is -5.90. The Kier molecular flexibility index (Phi) is 17.7. The van der Waals surface area contributed by atoms with E-state index >= 15 is 0 Å². The molecule has 432 valence electrons. The second kappa shape index (κ2) is 24.7. The number of fused-ring (bicyclic) bond motifs is 3. The second-order valence-corrected chi connectivity index (χ2v) is 23.4. The maximum atomic E-state index is 14.6. The van der Waals surface area contributed by atoms with E-state index in [4.69, 9.17) is 5.73 Å². The van der Waals surface area contributed by atoms with E-state index in [9.17, 15) is 66.3 Å². The molecule has 24 heteroatoms. The van der Waals surface area contributed by atoms with Crippen molar-refractivity contribution in [3.8, 4) is 11.8 Å². The van der Waals surface area contributed by atoms with Crippen molar-refractivity contribution >= 4 is 71.7 Å². The van der Waals surface area contributed by atoms with Gasteiger partial charge in [-0.1, -0.05) is 74.1 Å². The molecule has 0 spiro atoms. The molecule has 1 aromatic heterocycles. The van der Waals surface area contributed by atoms with Crippen LogP contribution in [0, 0.1) is 29.6 Å². The molecular formula is C58H64F2N9O12P. The molecule has 3 saturated heterocycles. The van der Waals surface area contributed by atoms with Crippen molar-refractivity contribution in [2.75, 3.05) is 19.6 Å². The van der Waals surface area contributed by atoms with Crippen LogP contribution in [0.4, 0.5) is 8.78 Å². The lowest BCUT2D eigenvalue weighted by molar-refractivity contribution is -0.142. The molecule has 5 aliphatic rings. The number of carbonyl (C=O) groups is 9. The predicted molar refractivity (Wildman–Crippen MR) is 291 cm³/mol. The van der Waals surface area contributed by atoms with Gasteiger partial charge in [-0.15, -0.1) is 0 Å². The van der Waals surface area contributed by atoms with Crippen molar-refractivity contribution in [3.63, 3.8) is 0 Å². The average molecular weight is 1150 g/mol. The lowest BCUT2D eigenvalue weighted by atomic mass is 9.91. The number of pyridine rings is 1. The lowest BCUT2D eigenvalue weighted by Crippen LogP contribution is -2.58. The Balaban J connectivity index is 0.832. The van der Waals surface area contributed by atoms with Gasteiger partial charge in [0.25, 0.3) is 11.8 Å². The number of halogens is 2. The number of hydrogen-bond acceptors (Lipinski definition) is 11. The van der Waals surface area contributed by atoms with Crippen LogP contribution in [0.1, 0.15) is 133 Å². The summed E-state index contributed by atoms with van der Waals surface area (Å²) in [5.74, 6) is 1.31. The van der Waals surface area contributed by atoms with Crippen molar-refractivity contribution in [2.24, 2.45) is 23.5 Å². The Morgan fingerprint density at radius 1 is 0.915 bits per heavy atom. The van der Waals surface area contributed by atoms with E-state index in [-0.39, 0.29) is 97.1 Å². The van der Waals surface area contributed by atoms with Crippen molar-refractivity contribution in [3.05, 3.63) is 112 Å². The molecular weight excluding hydrogens is 1080 g/mol. The normalized spacial score (nSPS) is 20.8. The van der Waals surface area contributed by atoms with Crippen molar-refractivity contribution in [2.45, 2.75) is 126 Å². The number of imide groups is 1. The number of alkyl halides is 2. The Bertz CT molecular complexity index is 3320. The van der Waals surface area contributed by atoms with Gasteiger partial charge in [0.2, 0.25) is 41.4 Å². The molecule has 21 nitrogen and oxygen atoms in total. The van der Waals surface area contributed by atoms with Crippen LogP contribution < -0.4 is 27.0 Å². The number of piperidine rings is 3. The van der Waals surface area contributed by atoms with Crippen molar-refractivity contribution in [1.29, 1.82) is 0 Å². The molecule has 1 saturated carbocycles. The number of aromatic nitrogens is 1. The first-order chi connectivity index (χ1) is 39.1. The molecule has 3 aromatic carbocycles. The number of hydrogen-bond donors (Lipinski definition) is 7. The van der Waals surface area contributed by atoms with Gasteiger partial charge in [0, 0.05) is 73.7 Å². The number of unbranched alkanes of at least 4 members (excludes halogenated alkanes) is 1. The molecule has 7 atom stereocenters. The van der Waals surface area contributed by atoms with Gasteiger partial charge in [0.1, 0.15) is 30.2 Å². The van der Waals surface area contributed by atoms with Crippen LogP contribution in [0.15, 0.2) is 79.0 Å². The second-order valence-electron chi connectivity index (χ2n) is 21.7. The van der Waals surface area contributed by atoms with Crippen molar-refractivity contribution in [1.82, 2.24) is 41.0 Å². The van der Waals surface area contributed by atoms with Gasteiger partial charge in [0.15, 0.2) is 0 Å². The van der Waals surface area contributed by atoms with Gasteiger partial charge in [-0.2, -0.15) is 8.78 Å². The van der Waals surface area contributed by atoms with Gasteiger partial charge in [-0.05, 0) is 104 Å². The summed E-state index contributed by atoms with van der Waals surface area (Å²) in [4.78, 5) is 149. The molecule has 5 heterocycles. The summed E-state index contributed by atoms with van der Waals surface area (Å²) in [6.07, 6.45) is 5.53. The van der Waals surface area contributed by atoms with E-state index in [0.29, 0.717) is 68.3 Å². The third-order valence-corrected chi connectivity index (χ3v) is 17.2. The SMILES string of the molecule is CCCC[C@H](NC(=O)c1cnc2ccc(C(F)(F)P(=O)(O)O)cc2c1)C(=O)N1C[C@@H]2C[C@@H]2[C@H]1C(=O)N[C@@H](CCC(N)=O)C(=O)N[C@H](C(=O)N1CCC(CCC#Cc2cccc3c2CN(C2CCC(=O)NC2=O)C3=O)CC1)c1ccccc1. The van der Waals surface area contributed by atoms with Crippen LogP contribution >= 0.6 is 7.60 Å². The van der Waals surface area contributed by atoms with Gasteiger partial charge in [-0.25, -0.2) is 0 Å². The predicted octanol–water partition coefficient (Wildman–Crippen LogP) is 4.04. The highest BCUT2D eigenvalue weighted by atomic mass is 31.2. The van der Waals surface area contributed by atoms with Crippen LogP contribution in [0.5, 0.6) is 0 Å². The van der Waals surface area contributed by atoms with Crippen LogP contribution in [-0.4, -0.2) is 126 Å². The highest BCUT2D eigenvalue weighted by molar-refractivity contribution is 7.52. The minimum atomic E-state index is -5.90. The summed E-state index contributed by atoms with van der Waals surface area (Å²) in [5, 5.41) is 10.6. The van der Waals surface area contributed by atoms with Crippen molar-refractivity contribution < 1.29 is 66.3 Å². The quantitative estimate of drug-likeness (QED) is 0.0374. The zero-order chi connectivity index (χ0) is 58.6. The van der Waals surface area contributed by atoms with E-state index in [0.717, 1.165) is 30.2 Å². The highest BCUT2D eigenvalue weighted by Crippen LogP contribution is 2.59. The maximum absolute atomic E-state index is 14.6. The molecule has 4 fully saturated rings. The average Bonchev–Trinajstić information content (AvgIpc) is 4.03. The first kappa shape index (κ1) is 58.7. The minimum Gasteiger partial charge on any atom is -0.370 e. The Labute approximate surface area is 471 Å². The number of benzene rings is 3. The largest absolute Gasteiger partial charge is 0.399 e. The standard InChI is InChI=1S/C58H64F2N9O12P/c1-2-3-16-45(64-51(72)37-27-36-28-39(17-18-43(36)62-30-37)58(59,60)82(79,80)81)56(77)69-31-38-29-41(38)50(69)54(75)63-44(19-21-47(61)70)52(73)66-49(35-12-5-4-6-13-35)57(78)67-25-23-33(24-26-67)10-7-8-11-34-14-9-15-40-42(34)32-68(55(40)76)46-20-22-48(71)65-53(46)74/h4-6,9,12-15,17-18,27-28,30,33,38,41,44-46,49-50H,2-3,7,10,16,19-26,29,31-32H2,1H3,(H2,61,70)(H,63,75)(H,64,72)(H,66,73)(H,65,71,74)(H2,79,80,81)/t38-,41-,44-,45-,46?,49-,50-/m0/s1. The molecule has 9 rings (SSSR count). The molecule has 82 heavy (non-hydrogen) atoms. The number of likely N-dealkylation sites (tertiary alicyclic amines) is 2. The number of carbonyl (C=O) groups excluding carboxylic acids is 9. The topological polar surface area (TPSA) is 308 Å². The molecule has 1 unspecified atom stereocenters. The van der Waals surface area contributed by atoms with Crippen LogP contribution in [0.3, 0.4) is 0 Å². The fourth-order valence-corrected chi connectivity index (χ4v) is 12.0. The Morgan fingerprint density at radius 2 is 1.67 bits per heavy atom. The summed E-state index contributed by atoms with van der Waals surface area (Å²) >= 11 is 0. The molecule has 1 aliphatic carbocycles. The highest BCUT2D eigenvalue weighted by Gasteiger charge is 2.58. The monoisotopic (exact) mass is 1150 g/mol. The zero-order valence-corrected chi connectivity index (χ0v) is 45.9. The summed E-state index contributed by atoms with van der Waals surface area (Å²) < 4.78 is 40.8. The molecule has 0 bridgehead atoms. The third kappa shape index (κ3) is 12.9. The van der Waals surface area contributed by atoms with Gasteiger partial charge >= 0.3 is 13.3 Å². The van der Waals surface area contributed by atoms with Crippen LogP contribution in [0.2, 0.25) is 0 Å². The Morgan fingerprint density at radius 3 is 2.38 bits per heavy atom. The van der Waals surface area contributed by atoms with E-state index in [1.54, 1.807) is 47.4 Å². The van der Waals surface area contributed by atoms with Gasteiger partial charge < -0.3 is 46.2 Å². The minimum absolute atomic E-state index is 0.0185. The first-order valence-corrected chi connectivity index (χ1v) is 29.2. The fourth-order valence-electron chi connectivity index (χ4n) is 11.5. The first-order valence-electron chi connectivity index (χ1n) is 27.6. The smallest absolute Gasteiger partial charge is 0.370 e. The van der Waals surface area contributed by atoms with Crippen LogP contribution in [0.25, 0.3) is 10.9 Å².